The van der Waals surface area contributed by atoms with E-state index in [0.717, 1.165) is 6.04 Å². The predicted molar refractivity (Wildman–Crippen MR) is 101 cm³/mol. The van der Waals surface area contributed by atoms with Crippen LogP contribution >= 0.6 is 0 Å². The molecule has 1 atom stereocenters. The molecule has 0 bridgehead atoms. The largest absolute Gasteiger partial charge is 0.266 e. The Balaban J connectivity index is 1.63. The van der Waals surface area contributed by atoms with Crippen molar-refractivity contribution in [2.24, 2.45) is 0 Å². The Labute approximate surface area is 145 Å². The summed E-state index contributed by atoms with van der Waals surface area (Å²) in [6, 6.07) is 0.772. The lowest BCUT2D eigenvalue weighted by Crippen LogP contribution is -2.49. The smallest absolute Gasteiger partial charge is 0.247 e. The van der Waals surface area contributed by atoms with Gasteiger partial charge < -0.3 is 0 Å². The van der Waals surface area contributed by atoms with Gasteiger partial charge in [-0.15, -0.1) is 0 Å². The summed E-state index contributed by atoms with van der Waals surface area (Å²) in [6.07, 6.45) is 19.9. The predicted octanol–water partition coefficient (Wildman–Crippen LogP) is 5.60. The number of hydrogen-bond acceptors (Lipinski definition) is 1. The Morgan fingerprint density at radius 2 is 1.57 bits per heavy atom. The van der Waals surface area contributed by atoms with Crippen LogP contribution in [0.5, 0.6) is 0 Å². The number of nitrogens with zero attached hydrogens (tertiary/aromatic N) is 2. The third kappa shape index (κ3) is 6.47. The molecule has 0 fully saturated rings. The highest BCUT2D eigenvalue weighted by molar-refractivity contribution is 5.78. The summed E-state index contributed by atoms with van der Waals surface area (Å²) in [5, 5.41) is 0. The van der Waals surface area contributed by atoms with Crippen molar-refractivity contribution >= 4 is 5.84 Å². The fourth-order valence-corrected chi connectivity index (χ4v) is 4.31. The van der Waals surface area contributed by atoms with E-state index < -0.39 is 0 Å². The van der Waals surface area contributed by atoms with Crippen LogP contribution in [0.2, 0.25) is 0 Å². The van der Waals surface area contributed by atoms with E-state index in [1.54, 1.807) is 5.84 Å². The van der Waals surface area contributed by atoms with E-state index in [1.165, 1.54) is 110 Å². The maximum absolute atomic E-state index is 2.77. The number of unbranched alkanes of at least 4 members (excludes halogenated alkanes) is 8. The SMILES string of the molecule is CCCCCCCCCCCN1C2=[N+](CCCCC2)CCC1C. The zero-order chi connectivity index (χ0) is 16.3. The first kappa shape index (κ1) is 18.8. The van der Waals surface area contributed by atoms with Gasteiger partial charge in [-0.05, 0) is 39.0 Å². The highest BCUT2D eigenvalue weighted by Crippen LogP contribution is 2.20. The summed E-state index contributed by atoms with van der Waals surface area (Å²) in [6.45, 7) is 8.68. The van der Waals surface area contributed by atoms with Gasteiger partial charge in [-0.3, -0.25) is 9.48 Å². The van der Waals surface area contributed by atoms with Crippen molar-refractivity contribution in [2.75, 3.05) is 19.6 Å². The molecule has 0 aromatic rings. The Bertz CT molecular complexity index is 348. The van der Waals surface area contributed by atoms with E-state index in [9.17, 15) is 0 Å². The number of rotatable bonds is 10. The van der Waals surface area contributed by atoms with Crippen LogP contribution in [0.3, 0.4) is 0 Å². The van der Waals surface area contributed by atoms with Crippen molar-refractivity contribution < 1.29 is 4.58 Å². The van der Waals surface area contributed by atoms with Gasteiger partial charge in [-0.25, -0.2) is 0 Å². The molecule has 2 heterocycles. The minimum Gasteiger partial charge on any atom is -0.266 e. The van der Waals surface area contributed by atoms with Crippen molar-refractivity contribution in [2.45, 2.75) is 110 Å². The van der Waals surface area contributed by atoms with E-state index in [1.807, 2.05) is 0 Å². The van der Waals surface area contributed by atoms with E-state index >= 15 is 0 Å². The van der Waals surface area contributed by atoms with Crippen molar-refractivity contribution in [1.82, 2.24) is 4.90 Å². The van der Waals surface area contributed by atoms with Crippen LogP contribution in [0.25, 0.3) is 0 Å². The molecule has 0 saturated heterocycles. The fraction of sp³-hybridized carbons (Fsp3) is 0.952. The monoisotopic (exact) mass is 321 g/mol. The van der Waals surface area contributed by atoms with Crippen LogP contribution in [0.15, 0.2) is 0 Å². The highest BCUT2D eigenvalue weighted by atomic mass is 15.3. The Morgan fingerprint density at radius 3 is 2.30 bits per heavy atom. The summed E-state index contributed by atoms with van der Waals surface area (Å²) in [4.78, 5) is 2.77. The zero-order valence-electron chi connectivity index (χ0n) is 16.0. The lowest BCUT2D eigenvalue weighted by molar-refractivity contribution is -0.540. The maximum atomic E-state index is 2.77. The Kier molecular flexibility index (Phi) is 9.07. The van der Waals surface area contributed by atoms with Crippen molar-refractivity contribution in [3.05, 3.63) is 0 Å². The molecule has 1 unspecified atom stereocenters. The molecule has 2 aliphatic heterocycles. The van der Waals surface area contributed by atoms with Crippen molar-refractivity contribution in [3.63, 3.8) is 0 Å². The van der Waals surface area contributed by atoms with Gasteiger partial charge in [-0.1, -0.05) is 51.9 Å². The fourth-order valence-electron chi connectivity index (χ4n) is 4.31. The van der Waals surface area contributed by atoms with E-state index in [2.05, 4.69) is 23.3 Å². The van der Waals surface area contributed by atoms with Gasteiger partial charge in [-0.2, -0.15) is 0 Å². The molecule has 0 N–H and O–H groups in total. The van der Waals surface area contributed by atoms with Crippen LogP contribution in [0.4, 0.5) is 0 Å². The summed E-state index contributed by atoms with van der Waals surface area (Å²) in [5.41, 5.74) is 0. The van der Waals surface area contributed by atoms with Gasteiger partial charge in [0.2, 0.25) is 5.84 Å². The normalized spacial score (nSPS) is 22.2. The molecular formula is C21H41N2+. The molecule has 0 aromatic heterocycles. The molecule has 0 amide bonds. The molecule has 2 heteroatoms. The maximum Gasteiger partial charge on any atom is 0.247 e. The van der Waals surface area contributed by atoms with Crippen LogP contribution in [-0.2, 0) is 0 Å². The Hall–Kier alpha value is -0.530. The average Bonchev–Trinajstić information content (AvgIpc) is 2.80. The van der Waals surface area contributed by atoms with Crippen LogP contribution < -0.4 is 0 Å². The lowest BCUT2D eigenvalue weighted by Gasteiger charge is -2.31. The topological polar surface area (TPSA) is 6.25 Å². The molecule has 0 radical (unpaired) electrons. The summed E-state index contributed by atoms with van der Waals surface area (Å²) < 4.78 is 2.71. The summed E-state index contributed by atoms with van der Waals surface area (Å²) in [5.74, 6) is 1.70. The molecular weight excluding hydrogens is 280 g/mol. The van der Waals surface area contributed by atoms with E-state index in [4.69, 9.17) is 0 Å². The van der Waals surface area contributed by atoms with Crippen molar-refractivity contribution in [3.8, 4) is 0 Å². The number of amidine groups is 1. The minimum absolute atomic E-state index is 0.772. The first-order valence-corrected chi connectivity index (χ1v) is 10.7. The van der Waals surface area contributed by atoms with Gasteiger partial charge in [0.25, 0.3) is 0 Å². The molecule has 0 aliphatic carbocycles. The first-order valence-electron chi connectivity index (χ1n) is 10.7. The molecule has 23 heavy (non-hydrogen) atoms. The molecule has 0 saturated carbocycles. The number of hydrogen-bond donors (Lipinski definition) is 0. The van der Waals surface area contributed by atoms with Crippen LogP contribution in [0, 0.1) is 0 Å². The zero-order valence-corrected chi connectivity index (χ0v) is 16.0. The molecule has 2 aliphatic rings. The van der Waals surface area contributed by atoms with E-state index in [-0.39, 0.29) is 0 Å². The highest BCUT2D eigenvalue weighted by Gasteiger charge is 2.32. The lowest BCUT2D eigenvalue weighted by atomic mass is 10.1. The van der Waals surface area contributed by atoms with E-state index in [0.29, 0.717) is 0 Å². The quantitative estimate of drug-likeness (QED) is 0.375. The third-order valence-electron chi connectivity index (χ3n) is 5.88. The minimum atomic E-state index is 0.772. The average molecular weight is 322 g/mol. The summed E-state index contributed by atoms with van der Waals surface area (Å²) in [7, 11) is 0. The van der Waals surface area contributed by atoms with Crippen LogP contribution in [-0.4, -0.2) is 41.0 Å². The van der Waals surface area contributed by atoms with Gasteiger partial charge in [0.15, 0.2) is 0 Å². The second-order valence-corrected chi connectivity index (χ2v) is 7.87. The van der Waals surface area contributed by atoms with Crippen molar-refractivity contribution in [1.29, 1.82) is 0 Å². The van der Waals surface area contributed by atoms with Gasteiger partial charge in [0.05, 0.1) is 25.7 Å². The Morgan fingerprint density at radius 1 is 0.870 bits per heavy atom. The van der Waals surface area contributed by atoms with Gasteiger partial charge in [0.1, 0.15) is 0 Å². The standard InChI is InChI=1S/C21H41N2/c1-3-4-5-6-7-8-9-10-14-18-23-20(2)16-19-22-17-13-11-12-15-21(22)23/h20H,3-19H2,1-2H3/q+1. The third-order valence-corrected chi connectivity index (χ3v) is 5.88. The first-order chi connectivity index (χ1) is 11.3. The van der Waals surface area contributed by atoms with Crippen LogP contribution in [0.1, 0.15) is 104 Å². The van der Waals surface area contributed by atoms with Gasteiger partial charge >= 0.3 is 0 Å². The van der Waals surface area contributed by atoms with Gasteiger partial charge in [0, 0.05) is 12.8 Å². The summed E-state index contributed by atoms with van der Waals surface area (Å²) >= 11 is 0. The molecule has 2 nitrogen and oxygen atoms in total. The molecule has 2 rings (SSSR count). The second kappa shape index (κ2) is 11.1. The molecule has 0 aromatic carbocycles. The molecule has 134 valence electrons. The molecule has 0 spiro atoms. The second-order valence-electron chi connectivity index (χ2n) is 7.87.